The number of benzene rings is 6. The van der Waals surface area contributed by atoms with Gasteiger partial charge >= 0.3 is 0 Å². The van der Waals surface area contributed by atoms with Crippen LogP contribution in [0.1, 0.15) is 0 Å². The fourth-order valence-electron chi connectivity index (χ4n) is 6.49. The molecular weight excluding hydrogens is 597 g/mol. The van der Waals surface area contributed by atoms with Crippen molar-refractivity contribution >= 4 is 96.3 Å². The molecule has 10 rings (SSSR count). The number of nitrogens with zero attached hydrogens (tertiary/aromatic N) is 2. The van der Waals surface area contributed by atoms with Crippen molar-refractivity contribution in [1.82, 2.24) is 10.2 Å². The van der Waals surface area contributed by atoms with Crippen molar-refractivity contribution in [1.29, 1.82) is 0 Å². The van der Waals surface area contributed by atoms with Gasteiger partial charge in [0.25, 0.3) is 0 Å². The molecule has 0 bridgehead atoms. The van der Waals surface area contributed by atoms with E-state index in [4.69, 9.17) is 4.42 Å². The Balaban J connectivity index is 1.10. The topological polar surface area (TPSA) is 38.9 Å². The summed E-state index contributed by atoms with van der Waals surface area (Å²) in [5.41, 5.74) is 9.59. The van der Waals surface area contributed by atoms with Crippen LogP contribution in [0.4, 0.5) is 0 Å². The van der Waals surface area contributed by atoms with Crippen molar-refractivity contribution in [3.05, 3.63) is 121 Å². The van der Waals surface area contributed by atoms with Gasteiger partial charge in [-0.15, -0.1) is 32.9 Å². The molecular formula is C38H20N2OS3. The third-order valence-corrected chi connectivity index (χ3v) is 11.7. The SMILES string of the molecule is c1ccc2c(c1)sc1c(-c3ccc4oc5ccc(-c6ccc7c(c6)sc6ccc(-c8nncs8)cc67)cc5c4c3)cccc12. The van der Waals surface area contributed by atoms with E-state index in [1.807, 2.05) is 22.7 Å². The van der Waals surface area contributed by atoms with Gasteiger partial charge in [-0.1, -0.05) is 78.1 Å². The number of aromatic nitrogens is 2. The highest BCUT2D eigenvalue weighted by Gasteiger charge is 2.15. The summed E-state index contributed by atoms with van der Waals surface area (Å²) in [5, 5.41) is 16.7. The molecule has 4 heterocycles. The van der Waals surface area contributed by atoms with E-state index in [1.54, 1.807) is 16.8 Å². The molecule has 44 heavy (non-hydrogen) atoms. The van der Waals surface area contributed by atoms with Crippen LogP contribution in [0.5, 0.6) is 0 Å². The molecule has 6 heteroatoms. The summed E-state index contributed by atoms with van der Waals surface area (Å²) in [6.45, 7) is 0. The van der Waals surface area contributed by atoms with Crippen LogP contribution in [0.15, 0.2) is 125 Å². The molecule has 3 nitrogen and oxygen atoms in total. The molecule has 0 aliphatic rings. The smallest absolute Gasteiger partial charge is 0.147 e. The van der Waals surface area contributed by atoms with E-state index in [2.05, 4.69) is 125 Å². The molecule has 0 fully saturated rings. The van der Waals surface area contributed by atoms with Crippen molar-refractivity contribution < 1.29 is 4.42 Å². The maximum atomic E-state index is 6.32. The van der Waals surface area contributed by atoms with E-state index >= 15 is 0 Å². The largest absolute Gasteiger partial charge is 0.456 e. The first-order valence-corrected chi connectivity index (χ1v) is 16.9. The summed E-state index contributed by atoms with van der Waals surface area (Å²) < 4.78 is 11.5. The predicted octanol–water partition coefficient (Wildman–Crippen LogP) is 12.2. The van der Waals surface area contributed by atoms with Gasteiger partial charge in [-0.2, -0.15) is 0 Å². The fraction of sp³-hybridized carbons (Fsp3) is 0. The monoisotopic (exact) mass is 616 g/mol. The molecule has 0 radical (unpaired) electrons. The minimum Gasteiger partial charge on any atom is -0.456 e. The third kappa shape index (κ3) is 3.65. The summed E-state index contributed by atoms with van der Waals surface area (Å²) in [6, 6.07) is 41.9. The second-order valence-corrected chi connectivity index (χ2v) is 14.0. The predicted molar refractivity (Wildman–Crippen MR) is 189 cm³/mol. The summed E-state index contributed by atoms with van der Waals surface area (Å²) in [5.74, 6) is 0. The second kappa shape index (κ2) is 9.31. The molecule has 0 saturated heterocycles. The van der Waals surface area contributed by atoms with Crippen LogP contribution in [-0.4, -0.2) is 10.2 Å². The number of rotatable bonds is 3. The molecule has 0 spiro atoms. The minimum absolute atomic E-state index is 0.910. The number of furan rings is 1. The third-order valence-electron chi connectivity index (χ3n) is 8.60. The molecule has 0 aliphatic heterocycles. The van der Waals surface area contributed by atoms with Gasteiger partial charge in [-0.05, 0) is 70.8 Å². The van der Waals surface area contributed by atoms with Crippen LogP contribution in [0.25, 0.3) is 95.1 Å². The van der Waals surface area contributed by atoms with Gasteiger partial charge in [-0.25, -0.2) is 0 Å². The Morgan fingerprint density at radius 2 is 1.18 bits per heavy atom. The highest BCUT2D eigenvalue weighted by molar-refractivity contribution is 7.26. The quantitative estimate of drug-likeness (QED) is 0.198. The molecule has 0 aliphatic carbocycles. The van der Waals surface area contributed by atoms with Crippen LogP contribution in [0.2, 0.25) is 0 Å². The van der Waals surface area contributed by atoms with E-state index in [-0.39, 0.29) is 0 Å². The number of thiophene rings is 2. The molecule has 206 valence electrons. The van der Waals surface area contributed by atoms with E-state index in [1.165, 1.54) is 62.6 Å². The highest BCUT2D eigenvalue weighted by atomic mass is 32.1. The Morgan fingerprint density at radius 1 is 0.477 bits per heavy atom. The summed E-state index contributed by atoms with van der Waals surface area (Å²) in [7, 11) is 0. The van der Waals surface area contributed by atoms with E-state index in [0.717, 1.165) is 32.5 Å². The maximum Gasteiger partial charge on any atom is 0.147 e. The van der Waals surface area contributed by atoms with Gasteiger partial charge in [-0.3, -0.25) is 0 Å². The van der Waals surface area contributed by atoms with Crippen LogP contribution in [0, 0.1) is 0 Å². The van der Waals surface area contributed by atoms with Gasteiger partial charge in [0.15, 0.2) is 0 Å². The molecule has 0 atom stereocenters. The zero-order valence-corrected chi connectivity index (χ0v) is 25.5. The van der Waals surface area contributed by atoms with Gasteiger partial charge in [0.2, 0.25) is 0 Å². The number of hydrogen-bond acceptors (Lipinski definition) is 6. The maximum absolute atomic E-state index is 6.32. The Kier molecular flexibility index (Phi) is 5.19. The Morgan fingerprint density at radius 3 is 2.07 bits per heavy atom. The first-order chi connectivity index (χ1) is 21.8. The molecule has 4 aromatic heterocycles. The van der Waals surface area contributed by atoms with Gasteiger partial charge < -0.3 is 4.42 Å². The van der Waals surface area contributed by atoms with Crippen molar-refractivity contribution in [2.24, 2.45) is 0 Å². The summed E-state index contributed by atoms with van der Waals surface area (Å²) >= 11 is 5.27. The van der Waals surface area contributed by atoms with Crippen LogP contribution in [0.3, 0.4) is 0 Å². The molecule has 10 aromatic rings. The number of hydrogen-bond donors (Lipinski definition) is 0. The lowest BCUT2D eigenvalue weighted by Gasteiger charge is -2.05. The lowest BCUT2D eigenvalue weighted by atomic mass is 9.99. The summed E-state index contributed by atoms with van der Waals surface area (Å²) in [6.07, 6.45) is 0. The minimum atomic E-state index is 0.910. The first kappa shape index (κ1) is 24.6. The lowest BCUT2D eigenvalue weighted by molar-refractivity contribution is 0.669. The average Bonchev–Trinajstić information content (AvgIpc) is 3.87. The van der Waals surface area contributed by atoms with E-state index in [0.29, 0.717) is 0 Å². The highest BCUT2D eigenvalue weighted by Crippen LogP contribution is 2.43. The standard InChI is InChI=1S/C38H20N2OS3/c1-2-7-34-26(4-1)28-6-3-5-25(37(28)44-34)23-10-14-33-30(17-23)29-16-21(9-13-32(29)41-33)22-8-12-27-31-18-24(38-40-39-20-42-38)11-15-35(31)43-36(27)19-22/h1-20H. The normalized spacial score (nSPS) is 12.1. The van der Waals surface area contributed by atoms with Crippen molar-refractivity contribution in [3.63, 3.8) is 0 Å². The summed E-state index contributed by atoms with van der Waals surface area (Å²) in [4.78, 5) is 0. The van der Waals surface area contributed by atoms with Crippen molar-refractivity contribution in [2.45, 2.75) is 0 Å². The molecule has 0 saturated carbocycles. The molecule has 0 N–H and O–H groups in total. The zero-order chi connectivity index (χ0) is 28.8. The van der Waals surface area contributed by atoms with Crippen LogP contribution < -0.4 is 0 Å². The van der Waals surface area contributed by atoms with Crippen LogP contribution >= 0.6 is 34.0 Å². The van der Waals surface area contributed by atoms with E-state index < -0.39 is 0 Å². The molecule has 0 amide bonds. The number of fused-ring (bicyclic) bond motifs is 9. The Labute approximate surface area is 263 Å². The Hall–Kier alpha value is -4.88. The van der Waals surface area contributed by atoms with E-state index in [9.17, 15) is 0 Å². The lowest BCUT2D eigenvalue weighted by Crippen LogP contribution is -1.80. The average molecular weight is 617 g/mol. The fourth-order valence-corrected chi connectivity index (χ4v) is 9.40. The second-order valence-electron chi connectivity index (χ2n) is 11.1. The van der Waals surface area contributed by atoms with Crippen LogP contribution in [-0.2, 0) is 0 Å². The van der Waals surface area contributed by atoms with Crippen molar-refractivity contribution in [2.75, 3.05) is 0 Å². The zero-order valence-electron chi connectivity index (χ0n) is 23.1. The van der Waals surface area contributed by atoms with Crippen molar-refractivity contribution in [3.8, 4) is 32.8 Å². The van der Waals surface area contributed by atoms with Gasteiger partial charge in [0.05, 0.1) is 0 Å². The first-order valence-electron chi connectivity index (χ1n) is 14.4. The van der Waals surface area contributed by atoms with Gasteiger partial charge in [0.1, 0.15) is 21.7 Å². The molecule has 0 unspecified atom stereocenters. The van der Waals surface area contributed by atoms with Gasteiger partial charge in [0, 0.05) is 56.7 Å². The molecule has 6 aromatic carbocycles. The Bertz CT molecular complexity index is 2730.